The lowest BCUT2D eigenvalue weighted by Gasteiger charge is -2.01. The van der Waals surface area contributed by atoms with Crippen LogP contribution in [0, 0.1) is 10.1 Å². The Morgan fingerprint density at radius 1 is 1.31 bits per heavy atom. The van der Waals surface area contributed by atoms with Crippen LogP contribution in [0.5, 0.6) is 0 Å². The molecular formula is C9H8N2O5. The fourth-order valence-corrected chi connectivity index (χ4v) is 0.913. The van der Waals surface area contributed by atoms with E-state index in [0.717, 1.165) is 12.1 Å². The van der Waals surface area contributed by atoms with Gasteiger partial charge < -0.3 is 10.1 Å². The largest absolute Gasteiger partial charge is 0.414 e. The quantitative estimate of drug-likeness (QED) is 0.351. The van der Waals surface area contributed by atoms with Gasteiger partial charge in [0.2, 0.25) is 0 Å². The zero-order valence-electron chi connectivity index (χ0n) is 8.30. The first-order chi connectivity index (χ1) is 7.54. The van der Waals surface area contributed by atoms with Gasteiger partial charge in [-0.15, -0.1) is 0 Å². The number of nitrogens with one attached hydrogen (secondary N) is 1. The summed E-state index contributed by atoms with van der Waals surface area (Å²) in [4.78, 5) is 31.7. The highest BCUT2D eigenvalue weighted by molar-refractivity contribution is 5.96. The molecule has 0 saturated carbocycles. The first-order valence-electron chi connectivity index (χ1n) is 4.23. The summed E-state index contributed by atoms with van der Waals surface area (Å²) in [6, 6.07) is 4.73. The van der Waals surface area contributed by atoms with Crippen molar-refractivity contribution in [1.29, 1.82) is 0 Å². The molecule has 0 bridgehead atoms. The standard InChI is InChI=1S/C9H8N2O5/c1-10-9(13)16-8(12)6-2-4-7(5-3-6)11(14)15/h2-5H,1H3,(H,10,13). The lowest BCUT2D eigenvalue weighted by molar-refractivity contribution is -0.384. The molecule has 0 spiro atoms. The van der Waals surface area contributed by atoms with Crippen LogP contribution < -0.4 is 5.32 Å². The van der Waals surface area contributed by atoms with Crippen LogP contribution >= 0.6 is 0 Å². The number of non-ortho nitro benzene ring substituents is 1. The Hall–Kier alpha value is -2.44. The number of nitro benzene ring substituents is 1. The van der Waals surface area contributed by atoms with Crippen LogP contribution in [0.1, 0.15) is 10.4 Å². The second kappa shape index (κ2) is 4.87. The van der Waals surface area contributed by atoms with Crippen molar-refractivity contribution >= 4 is 17.7 Å². The molecule has 0 aromatic heterocycles. The SMILES string of the molecule is CNC(=O)OC(=O)c1ccc([N+](=O)[O-])cc1. The molecule has 1 aromatic rings. The van der Waals surface area contributed by atoms with Crippen LogP contribution in [0.4, 0.5) is 10.5 Å². The first kappa shape index (κ1) is 11.6. The maximum Gasteiger partial charge on any atom is 0.414 e. The maximum atomic E-state index is 11.2. The molecule has 84 valence electrons. The van der Waals surface area contributed by atoms with Gasteiger partial charge in [-0.3, -0.25) is 10.1 Å². The molecule has 0 aliphatic rings. The minimum atomic E-state index is -0.886. The summed E-state index contributed by atoms with van der Waals surface area (Å²) >= 11 is 0. The molecule has 0 saturated heterocycles. The van der Waals surface area contributed by atoms with Gasteiger partial charge in [-0.25, -0.2) is 9.59 Å². The number of nitro groups is 1. The zero-order chi connectivity index (χ0) is 12.1. The predicted molar refractivity (Wildman–Crippen MR) is 53.0 cm³/mol. The number of ether oxygens (including phenoxy) is 1. The van der Waals surface area contributed by atoms with Crippen molar-refractivity contribution in [3.63, 3.8) is 0 Å². The monoisotopic (exact) mass is 224 g/mol. The summed E-state index contributed by atoms with van der Waals surface area (Å²) in [5, 5.41) is 12.4. The highest BCUT2D eigenvalue weighted by Crippen LogP contribution is 2.12. The van der Waals surface area contributed by atoms with Crippen molar-refractivity contribution in [1.82, 2.24) is 5.32 Å². The van der Waals surface area contributed by atoms with E-state index in [0.29, 0.717) is 0 Å². The Bertz CT molecular complexity index is 426. The van der Waals surface area contributed by atoms with Gasteiger partial charge >= 0.3 is 12.1 Å². The Balaban J connectivity index is 2.78. The van der Waals surface area contributed by atoms with Gasteiger partial charge in [-0.05, 0) is 12.1 Å². The molecule has 0 aliphatic heterocycles. The molecule has 7 heteroatoms. The highest BCUT2D eigenvalue weighted by atomic mass is 16.6. The molecule has 1 rings (SSSR count). The topological polar surface area (TPSA) is 98.5 Å². The molecule has 1 N–H and O–H groups in total. The van der Waals surface area contributed by atoms with Gasteiger partial charge in [0.15, 0.2) is 0 Å². The van der Waals surface area contributed by atoms with Crippen molar-refractivity contribution < 1.29 is 19.2 Å². The van der Waals surface area contributed by atoms with Gasteiger partial charge in [0.1, 0.15) is 0 Å². The van der Waals surface area contributed by atoms with E-state index in [9.17, 15) is 19.7 Å². The third kappa shape index (κ3) is 2.77. The number of carbonyl (C=O) groups excluding carboxylic acids is 2. The van der Waals surface area contributed by atoms with E-state index in [1.54, 1.807) is 0 Å². The maximum absolute atomic E-state index is 11.2. The second-order valence-corrected chi connectivity index (χ2v) is 2.73. The number of esters is 1. The third-order valence-corrected chi connectivity index (χ3v) is 1.70. The van der Waals surface area contributed by atoms with Crippen LogP contribution in [0.3, 0.4) is 0 Å². The Kier molecular flexibility index (Phi) is 3.54. The molecule has 0 atom stereocenters. The highest BCUT2D eigenvalue weighted by Gasteiger charge is 2.13. The van der Waals surface area contributed by atoms with E-state index < -0.39 is 17.0 Å². The molecule has 0 unspecified atom stereocenters. The molecule has 0 radical (unpaired) electrons. The molecule has 1 aromatic carbocycles. The van der Waals surface area contributed by atoms with Crippen molar-refractivity contribution in [2.24, 2.45) is 0 Å². The van der Waals surface area contributed by atoms with E-state index >= 15 is 0 Å². The van der Waals surface area contributed by atoms with E-state index in [1.165, 1.54) is 19.2 Å². The zero-order valence-corrected chi connectivity index (χ0v) is 8.30. The van der Waals surface area contributed by atoms with Crippen molar-refractivity contribution in [2.75, 3.05) is 7.05 Å². The van der Waals surface area contributed by atoms with Gasteiger partial charge in [-0.1, -0.05) is 0 Å². The number of rotatable bonds is 2. The Labute approximate surface area is 90.2 Å². The van der Waals surface area contributed by atoms with E-state index in [1.807, 2.05) is 0 Å². The Morgan fingerprint density at radius 3 is 2.31 bits per heavy atom. The summed E-state index contributed by atoms with van der Waals surface area (Å²) < 4.78 is 4.33. The number of carbonyl (C=O) groups is 2. The number of alkyl carbamates (subject to hydrolysis) is 1. The summed E-state index contributed by atoms with van der Waals surface area (Å²) in [7, 11) is 1.31. The second-order valence-electron chi connectivity index (χ2n) is 2.73. The van der Waals surface area contributed by atoms with Crippen LogP contribution in [0.2, 0.25) is 0 Å². The molecule has 0 aliphatic carbocycles. The minimum absolute atomic E-state index is 0.0641. The van der Waals surface area contributed by atoms with E-state index in [-0.39, 0.29) is 11.3 Å². The van der Waals surface area contributed by atoms with Crippen molar-refractivity contribution in [2.45, 2.75) is 0 Å². The van der Waals surface area contributed by atoms with Crippen molar-refractivity contribution in [3.8, 4) is 0 Å². The van der Waals surface area contributed by atoms with Gasteiger partial charge in [0.25, 0.3) is 5.69 Å². The predicted octanol–water partition coefficient (Wildman–Crippen LogP) is 1.09. The minimum Gasteiger partial charge on any atom is -0.373 e. The number of amides is 1. The summed E-state index contributed by atoms with van der Waals surface area (Å²) in [6.45, 7) is 0. The molecule has 1 amide bonds. The van der Waals surface area contributed by atoms with Crippen LogP contribution in [-0.2, 0) is 4.74 Å². The van der Waals surface area contributed by atoms with Crippen LogP contribution in [0.25, 0.3) is 0 Å². The lowest BCUT2D eigenvalue weighted by atomic mass is 10.2. The van der Waals surface area contributed by atoms with E-state index in [2.05, 4.69) is 10.1 Å². The molecule has 0 heterocycles. The summed E-state index contributed by atoms with van der Waals surface area (Å²) in [6.07, 6.45) is -0.886. The number of nitrogens with zero attached hydrogens (tertiary/aromatic N) is 1. The number of hydrogen-bond donors (Lipinski definition) is 1. The van der Waals surface area contributed by atoms with Crippen LogP contribution in [0.15, 0.2) is 24.3 Å². The smallest absolute Gasteiger partial charge is 0.373 e. The number of benzene rings is 1. The van der Waals surface area contributed by atoms with E-state index in [4.69, 9.17) is 0 Å². The molecule has 7 nitrogen and oxygen atoms in total. The average molecular weight is 224 g/mol. The summed E-state index contributed by atoms with van der Waals surface area (Å²) in [5.74, 6) is -0.866. The first-order valence-corrected chi connectivity index (χ1v) is 4.23. The summed E-state index contributed by atoms with van der Waals surface area (Å²) in [5.41, 5.74) is -0.0781. The molecular weight excluding hydrogens is 216 g/mol. The lowest BCUT2D eigenvalue weighted by Crippen LogP contribution is -2.22. The van der Waals surface area contributed by atoms with Crippen molar-refractivity contribution in [3.05, 3.63) is 39.9 Å². The fourth-order valence-electron chi connectivity index (χ4n) is 0.913. The normalized spacial score (nSPS) is 9.31. The van der Waals surface area contributed by atoms with Gasteiger partial charge in [0.05, 0.1) is 10.5 Å². The van der Waals surface area contributed by atoms with Gasteiger partial charge in [-0.2, -0.15) is 0 Å². The third-order valence-electron chi connectivity index (χ3n) is 1.70. The number of hydrogen-bond acceptors (Lipinski definition) is 5. The van der Waals surface area contributed by atoms with Crippen LogP contribution in [-0.4, -0.2) is 24.0 Å². The average Bonchev–Trinajstić information content (AvgIpc) is 2.28. The van der Waals surface area contributed by atoms with Gasteiger partial charge in [0, 0.05) is 19.2 Å². The Morgan fingerprint density at radius 2 is 1.88 bits per heavy atom. The fraction of sp³-hybridized carbons (Fsp3) is 0.111. The molecule has 0 fully saturated rings. The molecule has 16 heavy (non-hydrogen) atoms.